The maximum Gasteiger partial charge on any atom is 0.264 e. The molecule has 9 heteroatoms. The standard InChI is InChI=1S/C17H20Cl2N2O3S2/c1-11(14-6-4-12(18)10-15(14)19)21(2)17(22)16-7-5-13(25-16)8-9-20-26(3,23)24/h4-7,10-11,20H,8-9H2,1-3H3/t11-/m0/s1. The van der Waals surface area contributed by atoms with E-state index >= 15 is 0 Å². The number of sulfonamides is 1. The fourth-order valence-electron chi connectivity index (χ4n) is 2.39. The molecule has 1 aromatic carbocycles. The van der Waals surface area contributed by atoms with Gasteiger partial charge in [0.15, 0.2) is 0 Å². The summed E-state index contributed by atoms with van der Waals surface area (Å²) in [7, 11) is -1.48. The Kier molecular flexibility index (Phi) is 7.10. The number of carbonyl (C=O) groups is 1. The van der Waals surface area contributed by atoms with Gasteiger partial charge in [0.2, 0.25) is 10.0 Å². The van der Waals surface area contributed by atoms with Gasteiger partial charge in [-0.25, -0.2) is 13.1 Å². The molecule has 2 aromatic rings. The van der Waals surface area contributed by atoms with E-state index in [1.54, 1.807) is 30.1 Å². The summed E-state index contributed by atoms with van der Waals surface area (Å²) in [5.74, 6) is -0.115. The van der Waals surface area contributed by atoms with Crippen LogP contribution in [0.25, 0.3) is 0 Å². The van der Waals surface area contributed by atoms with E-state index in [1.807, 2.05) is 19.1 Å². The number of benzene rings is 1. The van der Waals surface area contributed by atoms with Crippen molar-refractivity contribution in [1.29, 1.82) is 0 Å². The number of hydrogen-bond donors (Lipinski definition) is 1. The number of thiophene rings is 1. The van der Waals surface area contributed by atoms with Gasteiger partial charge in [0.25, 0.3) is 5.91 Å². The molecule has 0 aliphatic carbocycles. The molecule has 0 unspecified atom stereocenters. The Hall–Kier alpha value is -1.12. The van der Waals surface area contributed by atoms with E-state index in [-0.39, 0.29) is 11.9 Å². The molecule has 142 valence electrons. The minimum absolute atomic E-state index is 0.115. The summed E-state index contributed by atoms with van der Waals surface area (Å²) in [5, 5.41) is 1.06. The topological polar surface area (TPSA) is 66.5 Å². The highest BCUT2D eigenvalue weighted by Gasteiger charge is 2.22. The van der Waals surface area contributed by atoms with Gasteiger partial charge in [0.05, 0.1) is 17.2 Å². The Morgan fingerprint density at radius 2 is 1.96 bits per heavy atom. The Morgan fingerprint density at radius 1 is 1.27 bits per heavy atom. The van der Waals surface area contributed by atoms with Crippen LogP contribution in [0.5, 0.6) is 0 Å². The number of nitrogens with zero attached hydrogens (tertiary/aromatic N) is 1. The van der Waals surface area contributed by atoms with Crippen LogP contribution >= 0.6 is 34.5 Å². The highest BCUT2D eigenvalue weighted by molar-refractivity contribution is 7.88. The van der Waals surface area contributed by atoms with Crippen molar-refractivity contribution in [2.45, 2.75) is 19.4 Å². The lowest BCUT2D eigenvalue weighted by molar-refractivity contribution is 0.0747. The smallest absolute Gasteiger partial charge is 0.264 e. The van der Waals surface area contributed by atoms with Crippen molar-refractivity contribution < 1.29 is 13.2 Å². The first kappa shape index (κ1) is 21.2. The van der Waals surface area contributed by atoms with Crippen LogP contribution in [-0.4, -0.2) is 39.1 Å². The Bertz CT molecular complexity index is 897. The lowest BCUT2D eigenvalue weighted by atomic mass is 10.1. The molecule has 26 heavy (non-hydrogen) atoms. The highest BCUT2D eigenvalue weighted by Crippen LogP contribution is 2.30. The average Bonchev–Trinajstić information content (AvgIpc) is 3.00. The van der Waals surface area contributed by atoms with Crippen molar-refractivity contribution in [3.63, 3.8) is 0 Å². The largest absolute Gasteiger partial charge is 0.334 e. The van der Waals surface area contributed by atoms with Gasteiger partial charge in [-0.15, -0.1) is 11.3 Å². The maximum absolute atomic E-state index is 12.7. The van der Waals surface area contributed by atoms with Crippen LogP contribution < -0.4 is 4.72 Å². The first-order valence-corrected chi connectivity index (χ1v) is 11.3. The monoisotopic (exact) mass is 434 g/mol. The molecular weight excluding hydrogens is 415 g/mol. The molecule has 1 amide bonds. The third-order valence-corrected chi connectivity index (χ3v) is 6.35. The van der Waals surface area contributed by atoms with Crippen LogP contribution in [0.3, 0.4) is 0 Å². The number of carbonyl (C=O) groups excluding carboxylic acids is 1. The van der Waals surface area contributed by atoms with Crippen LogP contribution in [0.15, 0.2) is 30.3 Å². The number of halogens is 2. The van der Waals surface area contributed by atoms with Gasteiger partial charge in [-0.3, -0.25) is 4.79 Å². The molecule has 0 radical (unpaired) electrons. The fraction of sp³-hybridized carbons (Fsp3) is 0.353. The van der Waals surface area contributed by atoms with E-state index in [0.717, 1.165) is 16.7 Å². The molecule has 0 spiro atoms. The van der Waals surface area contributed by atoms with Crippen LogP contribution in [0, 0.1) is 0 Å². The van der Waals surface area contributed by atoms with Crippen molar-refractivity contribution in [2.24, 2.45) is 0 Å². The third-order valence-electron chi connectivity index (χ3n) is 3.92. The summed E-state index contributed by atoms with van der Waals surface area (Å²) in [6.45, 7) is 2.21. The SMILES string of the molecule is C[C@@H](c1ccc(Cl)cc1Cl)N(C)C(=O)c1ccc(CCNS(C)(=O)=O)s1. The molecular formula is C17H20Cl2N2O3S2. The first-order chi connectivity index (χ1) is 12.1. The van der Waals surface area contributed by atoms with Gasteiger partial charge in [-0.1, -0.05) is 29.3 Å². The van der Waals surface area contributed by atoms with Crippen molar-refractivity contribution in [1.82, 2.24) is 9.62 Å². The summed E-state index contributed by atoms with van der Waals surface area (Å²) in [5.41, 5.74) is 0.820. The van der Waals surface area contributed by atoms with Crippen LogP contribution in [-0.2, 0) is 16.4 Å². The first-order valence-electron chi connectivity index (χ1n) is 7.84. The van der Waals surface area contributed by atoms with E-state index in [9.17, 15) is 13.2 Å². The van der Waals surface area contributed by atoms with Gasteiger partial charge in [-0.2, -0.15) is 0 Å². The third kappa shape index (κ3) is 5.69. The number of amides is 1. The molecule has 1 N–H and O–H groups in total. The summed E-state index contributed by atoms with van der Waals surface area (Å²) in [4.78, 5) is 15.9. The van der Waals surface area contributed by atoms with E-state index in [0.29, 0.717) is 27.9 Å². The van der Waals surface area contributed by atoms with Crippen LogP contribution in [0.2, 0.25) is 10.0 Å². The van der Waals surface area contributed by atoms with Crippen molar-refractivity contribution >= 4 is 50.5 Å². The normalized spacial score (nSPS) is 12.8. The van der Waals surface area contributed by atoms with E-state index in [1.165, 1.54) is 11.3 Å². The Balaban J connectivity index is 2.06. The number of rotatable bonds is 7. The molecule has 0 aliphatic rings. The Labute approximate surface area is 168 Å². The van der Waals surface area contributed by atoms with Crippen molar-refractivity contribution in [3.8, 4) is 0 Å². The lowest BCUT2D eigenvalue weighted by Gasteiger charge is -2.25. The Morgan fingerprint density at radius 3 is 2.58 bits per heavy atom. The lowest BCUT2D eigenvalue weighted by Crippen LogP contribution is -2.29. The van der Waals surface area contributed by atoms with E-state index in [4.69, 9.17) is 23.2 Å². The second kappa shape index (κ2) is 8.71. The minimum atomic E-state index is -3.21. The van der Waals surface area contributed by atoms with Gasteiger partial charge in [-0.05, 0) is 43.2 Å². The maximum atomic E-state index is 12.7. The molecule has 1 heterocycles. The second-order valence-corrected chi connectivity index (χ2v) is 9.79. The zero-order valence-electron chi connectivity index (χ0n) is 14.6. The molecule has 1 atom stereocenters. The molecule has 1 aromatic heterocycles. The van der Waals surface area contributed by atoms with Gasteiger partial charge < -0.3 is 4.90 Å². The quantitative estimate of drug-likeness (QED) is 0.716. The predicted molar refractivity (Wildman–Crippen MR) is 108 cm³/mol. The molecule has 0 fully saturated rings. The molecule has 5 nitrogen and oxygen atoms in total. The summed E-state index contributed by atoms with van der Waals surface area (Å²) >= 11 is 13.5. The van der Waals surface area contributed by atoms with Gasteiger partial charge in [0.1, 0.15) is 0 Å². The average molecular weight is 435 g/mol. The van der Waals surface area contributed by atoms with Crippen molar-refractivity contribution in [2.75, 3.05) is 19.8 Å². The van der Waals surface area contributed by atoms with Crippen molar-refractivity contribution in [3.05, 3.63) is 55.7 Å². The second-order valence-electron chi connectivity index (χ2n) is 5.94. The van der Waals surface area contributed by atoms with E-state index in [2.05, 4.69) is 4.72 Å². The van der Waals surface area contributed by atoms with Gasteiger partial charge in [0, 0.05) is 28.5 Å². The minimum Gasteiger partial charge on any atom is -0.334 e. The van der Waals surface area contributed by atoms with Gasteiger partial charge >= 0.3 is 0 Å². The molecule has 0 aliphatic heterocycles. The van der Waals surface area contributed by atoms with Crippen LogP contribution in [0.4, 0.5) is 0 Å². The molecule has 0 saturated carbocycles. The number of nitrogens with one attached hydrogen (secondary N) is 1. The molecule has 2 rings (SSSR count). The van der Waals surface area contributed by atoms with Crippen LogP contribution in [0.1, 0.15) is 33.1 Å². The zero-order valence-corrected chi connectivity index (χ0v) is 17.8. The summed E-state index contributed by atoms with van der Waals surface area (Å²) in [6.07, 6.45) is 1.65. The summed E-state index contributed by atoms with van der Waals surface area (Å²) < 4.78 is 24.6. The fourth-order valence-corrected chi connectivity index (χ4v) is 4.41. The summed E-state index contributed by atoms with van der Waals surface area (Å²) in [6, 6.07) is 8.60. The molecule has 0 bridgehead atoms. The number of hydrogen-bond acceptors (Lipinski definition) is 4. The predicted octanol–water partition coefficient (Wildman–Crippen LogP) is 3.98. The zero-order chi connectivity index (χ0) is 19.5. The molecule has 0 saturated heterocycles. The highest BCUT2D eigenvalue weighted by atomic mass is 35.5. The van der Waals surface area contributed by atoms with E-state index < -0.39 is 10.0 Å².